The summed E-state index contributed by atoms with van der Waals surface area (Å²) in [6, 6.07) is 14.9. The van der Waals surface area contributed by atoms with E-state index in [1.165, 1.54) is 18.2 Å². The molecule has 0 amide bonds. The molecule has 0 bridgehead atoms. The van der Waals surface area contributed by atoms with Crippen LogP contribution >= 0.6 is 11.6 Å². The predicted octanol–water partition coefficient (Wildman–Crippen LogP) is 5.91. The zero-order chi connectivity index (χ0) is 33.5. The number of hydrogen-bond donors (Lipinski definition) is 2. The van der Waals surface area contributed by atoms with Gasteiger partial charge in [0.2, 0.25) is 5.88 Å². The van der Waals surface area contributed by atoms with E-state index in [9.17, 15) is 14.3 Å². The Hall–Kier alpha value is -3.03. The number of aromatic carboxylic acids is 1. The number of rotatable bonds is 12. The van der Waals surface area contributed by atoms with Crippen molar-refractivity contribution in [3.05, 3.63) is 94.1 Å². The molecule has 2 N–H and O–H groups in total. The number of carboxylic acid groups (broad SMARTS) is 1. The quantitative estimate of drug-likeness (QED) is 0.167. The summed E-state index contributed by atoms with van der Waals surface area (Å²) in [7, 11) is 0. The summed E-state index contributed by atoms with van der Waals surface area (Å²) < 4.78 is 27.7. The van der Waals surface area contributed by atoms with E-state index in [4.69, 9.17) is 41.7 Å². The van der Waals surface area contributed by atoms with Gasteiger partial charge < -0.3 is 41.4 Å². The topological polar surface area (TPSA) is 148 Å². The molecule has 1 saturated carbocycles. The van der Waals surface area contributed by atoms with Gasteiger partial charge in [-0.05, 0) is 50.1 Å². The number of nitriles is 1. The Bertz CT molecular complexity index is 1760. The van der Waals surface area contributed by atoms with E-state index in [1.807, 2.05) is 22.8 Å². The molecular weight excluding hydrogens is 794 g/mol. The number of halogens is 2. The molecule has 2 aliphatic rings. The summed E-state index contributed by atoms with van der Waals surface area (Å²) in [5, 5.41) is 31.3. The van der Waals surface area contributed by atoms with Crippen molar-refractivity contribution in [2.24, 2.45) is 0 Å². The van der Waals surface area contributed by atoms with E-state index in [0.29, 0.717) is 60.4 Å². The third kappa shape index (κ3) is 8.57. The van der Waals surface area contributed by atoms with Gasteiger partial charge in [0.05, 0.1) is 51.7 Å². The molecule has 14 heteroatoms. The van der Waals surface area contributed by atoms with Crippen LogP contribution in [0.15, 0.2) is 48.5 Å². The summed E-state index contributed by atoms with van der Waals surface area (Å²) in [5.41, 5.74) is 1.82. The van der Waals surface area contributed by atoms with Gasteiger partial charge in [-0.1, -0.05) is 36.7 Å². The van der Waals surface area contributed by atoms with E-state index in [-0.39, 0.29) is 84.9 Å². The molecule has 260 valence electrons. The van der Waals surface area contributed by atoms with Gasteiger partial charge in [-0.2, -0.15) is 10.2 Å². The number of ether oxygens (including phenoxy) is 2. The first kappa shape index (κ1) is 37.8. The Kier molecular flexibility index (Phi) is 13.8. The van der Waals surface area contributed by atoms with Crippen LogP contribution in [0, 0.1) is 61.4 Å². The number of anilines is 1. The Morgan fingerprint density at radius 1 is 1.25 bits per heavy atom. The third-order valence-corrected chi connectivity index (χ3v) is 8.59. The summed E-state index contributed by atoms with van der Waals surface area (Å²) in [4.78, 5) is 23.3. The average Bonchev–Trinajstić information content (AvgIpc) is 3.38. The number of hydrogen-bond acceptors (Lipinski definition) is 8. The molecule has 3 atom stereocenters. The maximum atomic E-state index is 14.3. The minimum Gasteiger partial charge on any atom is -0.652 e. The molecule has 1 saturated heterocycles. The Morgan fingerprint density at radius 2 is 2.02 bits per heavy atom. The molecule has 6 rings (SSSR count). The first-order valence-electron chi connectivity index (χ1n) is 15.4. The Balaban J connectivity index is 0.00000125. The minimum absolute atomic E-state index is 0. The van der Waals surface area contributed by atoms with Gasteiger partial charge >= 0.3 is 5.97 Å². The molecule has 2 aromatic carbocycles. The molecular formula is C34H36ClErFN6O5-2. The van der Waals surface area contributed by atoms with Crippen LogP contribution in [0.1, 0.15) is 53.5 Å². The van der Waals surface area contributed by atoms with Gasteiger partial charge in [-0.15, -0.1) is 12.6 Å². The minimum atomic E-state index is -1.09. The number of pyridine rings is 1. The van der Waals surface area contributed by atoms with E-state index < -0.39 is 11.8 Å². The van der Waals surface area contributed by atoms with Crippen molar-refractivity contribution in [3.8, 4) is 11.9 Å². The summed E-state index contributed by atoms with van der Waals surface area (Å²) in [6.45, 7) is 8.04. The SMILES string of the molecule is CCO.[CH2-]CN(c1cccc(OCc2ccc(C#N)cc2F)n1)C1CCC1[N-]Cc1nc2ccc(C(=O)O)c(Cl)c2n1CC1CCO1.[Er]. The van der Waals surface area contributed by atoms with E-state index in [2.05, 4.69) is 16.8 Å². The summed E-state index contributed by atoms with van der Waals surface area (Å²) in [5.74, 6) is 0.144. The molecule has 11 nitrogen and oxygen atoms in total. The molecule has 3 heterocycles. The number of fused-ring (bicyclic) bond motifs is 1. The van der Waals surface area contributed by atoms with Crippen molar-refractivity contribution < 1.29 is 66.2 Å². The largest absolute Gasteiger partial charge is 0.652 e. The Labute approximate surface area is 313 Å². The molecule has 0 radical (unpaired) electrons. The van der Waals surface area contributed by atoms with Crippen LogP contribution in [0.3, 0.4) is 0 Å². The number of imidazole rings is 1. The third-order valence-electron chi connectivity index (χ3n) is 8.21. The van der Waals surface area contributed by atoms with Crippen LogP contribution in [0.25, 0.3) is 16.4 Å². The number of aliphatic hydroxyl groups is 1. The molecule has 0 spiro atoms. The van der Waals surface area contributed by atoms with Gasteiger partial charge in [0, 0.05) is 68.2 Å². The van der Waals surface area contributed by atoms with E-state index >= 15 is 0 Å². The zero-order valence-electron chi connectivity index (χ0n) is 26.3. The molecule has 1 aliphatic carbocycles. The monoisotopic (exact) mass is 828 g/mol. The molecule has 4 aromatic rings. The number of carbonyl (C=O) groups is 1. The van der Waals surface area contributed by atoms with Crippen molar-refractivity contribution in [1.82, 2.24) is 14.5 Å². The smallest absolute Gasteiger partial charge is 0.337 e. The van der Waals surface area contributed by atoms with Crippen molar-refractivity contribution in [3.63, 3.8) is 0 Å². The number of aliphatic hydroxyl groups excluding tert-OH is 1. The van der Waals surface area contributed by atoms with Crippen LogP contribution in [0.5, 0.6) is 5.88 Å². The number of carboxylic acids is 1. The van der Waals surface area contributed by atoms with Crippen LogP contribution in [-0.2, 0) is 24.4 Å². The second-order valence-corrected chi connectivity index (χ2v) is 11.5. The van der Waals surface area contributed by atoms with Crippen LogP contribution in [-0.4, -0.2) is 68.7 Å². The summed E-state index contributed by atoms with van der Waals surface area (Å²) >= 11 is 6.57. The van der Waals surface area contributed by atoms with Gasteiger partial charge in [0.15, 0.2) is 0 Å². The average molecular weight is 830 g/mol. The second kappa shape index (κ2) is 17.6. The van der Waals surface area contributed by atoms with E-state index in [1.54, 1.807) is 25.1 Å². The first-order chi connectivity index (χ1) is 22.8. The Morgan fingerprint density at radius 3 is 2.62 bits per heavy atom. The normalized spacial score (nSPS) is 18.0. The number of aromatic nitrogens is 3. The van der Waals surface area contributed by atoms with Gasteiger partial charge in [0.1, 0.15) is 18.2 Å². The standard InChI is InChI=1S/C32H30ClFN6O4.C2H6O.Er/c1-2-39(27-4-3-5-29(38-27)44-18-20-7-6-19(15-35)14-23(20)34)26-11-10-24(26)36-16-28-37-25-9-8-22(32(41)42)30(33)31(25)40(28)17-21-12-13-43-21;1-2-3;/h3-9,14,21,24,26H,1-2,10-13,16-18H2,(H,41,42);3H,2H2,1H3;/q-2;;. The summed E-state index contributed by atoms with van der Waals surface area (Å²) in [6.07, 6.45) is 2.73. The van der Waals surface area contributed by atoms with Crippen molar-refractivity contribution >= 4 is 34.4 Å². The number of nitrogens with zero attached hydrogens (tertiary/aromatic N) is 6. The molecule has 1 aliphatic heterocycles. The fourth-order valence-electron chi connectivity index (χ4n) is 5.56. The van der Waals surface area contributed by atoms with Gasteiger partial charge in [0.25, 0.3) is 0 Å². The van der Waals surface area contributed by atoms with E-state index in [0.717, 1.165) is 19.3 Å². The van der Waals surface area contributed by atoms with Crippen molar-refractivity contribution in [1.29, 1.82) is 5.26 Å². The van der Waals surface area contributed by atoms with Crippen LogP contribution in [0.4, 0.5) is 10.2 Å². The molecule has 2 fully saturated rings. The zero-order valence-corrected chi connectivity index (χ0v) is 28.9. The van der Waals surface area contributed by atoms with Crippen molar-refractivity contribution in [2.45, 2.75) is 64.1 Å². The molecule has 48 heavy (non-hydrogen) atoms. The van der Waals surface area contributed by atoms with Gasteiger partial charge in [-0.3, -0.25) is 0 Å². The molecule has 2 aromatic heterocycles. The number of benzene rings is 2. The molecule has 3 unspecified atom stereocenters. The maximum Gasteiger partial charge on any atom is 0.337 e. The first-order valence-corrected chi connectivity index (χ1v) is 15.8. The second-order valence-electron chi connectivity index (χ2n) is 11.1. The van der Waals surface area contributed by atoms with Crippen molar-refractivity contribution in [2.75, 3.05) is 24.7 Å². The fourth-order valence-corrected chi connectivity index (χ4v) is 5.91. The maximum absolute atomic E-state index is 14.3. The van der Waals surface area contributed by atoms with Gasteiger partial charge in [-0.25, -0.2) is 14.2 Å². The van der Waals surface area contributed by atoms with Crippen LogP contribution < -0.4 is 9.64 Å². The van der Waals surface area contributed by atoms with Crippen LogP contribution in [0.2, 0.25) is 5.02 Å². The predicted molar refractivity (Wildman–Crippen MR) is 175 cm³/mol. The fraction of sp³-hybridized carbons (Fsp3) is 0.382.